The molecule has 0 bridgehead atoms. The summed E-state index contributed by atoms with van der Waals surface area (Å²) in [6.45, 7) is 8.92. The number of hydrogen-bond donors (Lipinski definition) is 1. The Kier molecular flexibility index (Phi) is 3.72. The van der Waals surface area contributed by atoms with E-state index in [2.05, 4.69) is 43.1 Å². The van der Waals surface area contributed by atoms with Crippen LogP contribution in [0.15, 0.2) is 18.2 Å². The molecule has 1 saturated carbocycles. The zero-order valence-corrected chi connectivity index (χ0v) is 13.5. The minimum Gasteiger partial charge on any atom is -0.364 e. The number of nitrogens with zero attached hydrogens (tertiary/aromatic N) is 1. The van der Waals surface area contributed by atoms with Crippen molar-refractivity contribution in [2.45, 2.75) is 51.6 Å². The maximum Gasteiger partial charge on any atom is 0.0639 e. The van der Waals surface area contributed by atoms with Crippen molar-refractivity contribution >= 4 is 17.3 Å². The third-order valence-electron chi connectivity index (χ3n) is 5.04. The third kappa shape index (κ3) is 2.56. The van der Waals surface area contributed by atoms with Crippen molar-refractivity contribution in [1.29, 1.82) is 0 Å². The molecule has 0 spiro atoms. The van der Waals surface area contributed by atoms with E-state index in [9.17, 15) is 0 Å². The second kappa shape index (κ2) is 5.23. The van der Waals surface area contributed by atoms with Crippen LogP contribution in [0.5, 0.6) is 0 Å². The van der Waals surface area contributed by atoms with Crippen molar-refractivity contribution in [3.63, 3.8) is 0 Å². The molecule has 0 radical (unpaired) electrons. The molecule has 20 heavy (non-hydrogen) atoms. The van der Waals surface area contributed by atoms with Gasteiger partial charge in [-0.15, -0.1) is 0 Å². The molecule has 3 rings (SSSR count). The fourth-order valence-electron chi connectivity index (χ4n) is 3.48. The monoisotopic (exact) mass is 292 g/mol. The molecule has 1 heterocycles. The molecule has 2 aliphatic rings. The molecule has 1 saturated heterocycles. The van der Waals surface area contributed by atoms with Crippen molar-refractivity contribution in [3.05, 3.63) is 28.8 Å². The van der Waals surface area contributed by atoms with Crippen LogP contribution in [-0.4, -0.2) is 24.7 Å². The first-order chi connectivity index (χ1) is 9.53. The van der Waals surface area contributed by atoms with E-state index in [-0.39, 0.29) is 5.54 Å². The molecular formula is C17H25ClN2. The van der Waals surface area contributed by atoms with Gasteiger partial charge in [0.15, 0.2) is 0 Å². The van der Waals surface area contributed by atoms with Gasteiger partial charge in [0.25, 0.3) is 0 Å². The first-order valence-corrected chi connectivity index (χ1v) is 8.19. The fourth-order valence-corrected chi connectivity index (χ4v) is 3.71. The van der Waals surface area contributed by atoms with Gasteiger partial charge in [-0.05, 0) is 56.7 Å². The van der Waals surface area contributed by atoms with Crippen molar-refractivity contribution in [1.82, 2.24) is 5.32 Å². The molecule has 2 nitrogen and oxygen atoms in total. The summed E-state index contributed by atoms with van der Waals surface area (Å²) in [6.07, 6.45) is 3.89. The average Bonchev–Trinajstić information content (AvgIpc) is 3.26. The molecule has 2 atom stereocenters. The van der Waals surface area contributed by atoms with Crippen LogP contribution < -0.4 is 10.2 Å². The van der Waals surface area contributed by atoms with Gasteiger partial charge >= 0.3 is 0 Å². The van der Waals surface area contributed by atoms with Crippen molar-refractivity contribution < 1.29 is 0 Å². The molecule has 0 amide bonds. The highest BCUT2D eigenvalue weighted by molar-refractivity contribution is 6.33. The Morgan fingerprint density at radius 1 is 1.40 bits per heavy atom. The zero-order chi connectivity index (χ0) is 14.3. The second-order valence-electron chi connectivity index (χ2n) is 6.72. The Morgan fingerprint density at radius 2 is 2.15 bits per heavy atom. The molecule has 1 aromatic carbocycles. The van der Waals surface area contributed by atoms with E-state index in [0.717, 1.165) is 30.5 Å². The van der Waals surface area contributed by atoms with Crippen LogP contribution in [0.4, 0.5) is 5.69 Å². The number of hydrogen-bond acceptors (Lipinski definition) is 2. The minimum atomic E-state index is 0.249. The smallest absolute Gasteiger partial charge is 0.0639 e. The SMILES string of the molecule is CCC1CNC(C)(C2CC2)CN1c1cc(C)ccc1Cl. The molecule has 2 unspecified atom stereocenters. The molecule has 1 N–H and O–H groups in total. The zero-order valence-electron chi connectivity index (χ0n) is 12.7. The summed E-state index contributed by atoms with van der Waals surface area (Å²) >= 11 is 6.48. The van der Waals surface area contributed by atoms with E-state index in [4.69, 9.17) is 11.6 Å². The first-order valence-electron chi connectivity index (χ1n) is 7.81. The number of benzene rings is 1. The van der Waals surface area contributed by atoms with Crippen LogP contribution >= 0.6 is 11.6 Å². The molecule has 2 fully saturated rings. The van der Waals surface area contributed by atoms with Gasteiger partial charge in [0, 0.05) is 24.7 Å². The highest BCUT2D eigenvalue weighted by Gasteiger charge is 2.46. The summed E-state index contributed by atoms with van der Waals surface area (Å²) in [5.41, 5.74) is 2.75. The lowest BCUT2D eigenvalue weighted by Gasteiger charge is -2.48. The highest BCUT2D eigenvalue weighted by Crippen LogP contribution is 2.43. The lowest BCUT2D eigenvalue weighted by molar-refractivity contribution is 0.252. The van der Waals surface area contributed by atoms with E-state index in [1.165, 1.54) is 24.1 Å². The molecule has 0 aromatic heterocycles. The summed E-state index contributed by atoms with van der Waals surface area (Å²) < 4.78 is 0. The van der Waals surface area contributed by atoms with Crippen molar-refractivity contribution in [2.24, 2.45) is 5.92 Å². The summed E-state index contributed by atoms with van der Waals surface area (Å²) in [6, 6.07) is 6.91. The Labute approximate surface area is 127 Å². The topological polar surface area (TPSA) is 15.3 Å². The second-order valence-corrected chi connectivity index (χ2v) is 7.12. The van der Waals surface area contributed by atoms with Gasteiger partial charge in [0.2, 0.25) is 0 Å². The highest BCUT2D eigenvalue weighted by atomic mass is 35.5. The lowest BCUT2D eigenvalue weighted by Crippen LogP contribution is -2.64. The van der Waals surface area contributed by atoms with Gasteiger partial charge in [-0.1, -0.05) is 24.6 Å². The Hall–Kier alpha value is -0.730. The molecule has 3 heteroatoms. The van der Waals surface area contributed by atoms with Crippen LogP contribution in [0.25, 0.3) is 0 Å². The van der Waals surface area contributed by atoms with Crippen LogP contribution in [0, 0.1) is 12.8 Å². The lowest BCUT2D eigenvalue weighted by atomic mass is 9.90. The van der Waals surface area contributed by atoms with Gasteiger partial charge in [-0.2, -0.15) is 0 Å². The van der Waals surface area contributed by atoms with E-state index < -0.39 is 0 Å². The van der Waals surface area contributed by atoms with Gasteiger partial charge in [0.1, 0.15) is 0 Å². The van der Waals surface area contributed by atoms with E-state index >= 15 is 0 Å². The van der Waals surface area contributed by atoms with Gasteiger partial charge in [0.05, 0.1) is 10.7 Å². The predicted molar refractivity (Wildman–Crippen MR) is 86.7 cm³/mol. The largest absolute Gasteiger partial charge is 0.364 e. The summed E-state index contributed by atoms with van der Waals surface area (Å²) in [4.78, 5) is 2.55. The Morgan fingerprint density at radius 3 is 2.80 bits per heavy atom. The van der Waals surface area contributed by atoms with E-state index in [1.54, 1.807) is 0 Å². The molecule has 1 aliphatic heterocycles. The van der Waals surface area contributed by atoms with E-state index in [1.807, 2.05) is 6.07 Å². The standard InChI is InChI=1S/C17H25ClN2/c1-4-14-10-19-17(3,13-6-7-13)11-20(14)16-9-12(2)5-8-15(16)18/h5,8-9,13-14,19H,4,6-7,10-11H2,1-3H3. The van der Waals surface area contributed by atoms with Crippen LogP contribution in [0.1, 0.15) is 38.7 Å². The summed E-state index contributed by atoms with van der Waals surface area (Å²) in [7, 11) is 0. The normalized spacial score (nSPS) is 30.6. The van der Waals surface area contributed by atoms with Crippen LogP contribution in [0.3, 0.4) is 0 Å². The number of rotatable bonds is 3. The predicted octanol–water partition coefficient (Wildman–Crippen LogP) is 4.01. The first kappa shape index (κ1) is 14.2. The average molecular weight is 293 g/mol. The van der Waals surface area contributed by atoms with Crippen LogP contribution in [0.2, 0.25) is 5.02 Å². The van der Waals surface area contributed by atoms with Crippen molar-refractivity contribution in [3.8, 4) is 0 Å². The fraction of sp³-hybridized carbons (Fsp3) is 0.647. The Balaban J connectivity index is 1.92. The van der Waals surface area contributed by atoms with E-state index in [0.29, 0.717) is 6.04 Å². The third-order valence-corrected chi connectivity index (χ3v) is 5.36. The minimum absolute atomic E-state index is 0.249. The Bertz CT molecular complexity index is 498. The number of aryl methyl sites for hydroxylation is 1. The molecule has 1 aromatic rings. The summed E-state index contributed by atoms with van der Waals surface area (Å²) in [5, 5.41) is 4.69. The quantitative estimate of drug-likeness (QED) is 0.906. The van der Waals surface area contributed by atoms with Crippen LogP contribution in [-0.2, 0) is 0 Å². The van der Waals surface area contributed by atoms with Gasteiger partial charge in [-0.25, -0.2) is 0 Å². The van der Waals surface area contributed by atoms with Gasteiger partial charge < -0.3 is 10.2 Å². The number of piperazine rings is 1. The maximum absolute atomic E-state index is 6.48. The number of halogens is 1. The van der Waals surface area contributed by atoms with Crippen molar-refractivity contribution in [2.75, 3.05) is 18.0 Å². The molecule has 110 valence electrons. The molecule has 1 aliphatic carbocycles. The molecular weight excluding hydrogens is 268 g/mol. The summed E-state index contributed by atoms with van der Waals surface area (Å²) in [5.74, 6) is 0.839. The van der Waals surface area contributed by atoms with Gasteiger partial charge in [-0.3, -0.25) is 0 Å². The number of anilines is 1. The number of nitrogens with one attached hydrogen (secondary N) is 1. The maximum atomic E-state index is 6.48.